The van der Waals surface area contributed by atoms with E-state index in [9.17, 15) is 4.79 Å². The fraction of sp³-hybridized carbons (Fsp3) is 0.385. The van der Waals surface area contributed by atoms with Gasteiger partial charge in [0.25, 0.3) is 5.91 Å². The number of carbonyl (C=O) groups excluding carboxylic acids is 1. The molecule has 17 heavy (non-hydrogen) atoms. The monoisotopic (exact) mass is 294 g/mol. The summed E-state index contributed by atoms with van der Waals surface area (Å²) in [5.41, 5.74) is 0.611. The van der Waals surface area contributed by atoms with Gasteiger partial charge in [-0.2, -0.15) is 0 Å². The molecule has 0 saturated heterocycles. The van der Waals surface area contributed by atoms with Crippen molar-refractivity contribution in [1.82, 2.24) is 10.3 Å². The molecule has 1 aromatic heterocycles. The van der Waals surface area contributed by atoms with Crippen molar-refractivity contribution in [1.29, 1.82) is 0 Å². The van der Waals surface area contributed by atoms with Crippen molar-refractivity contribution in [3.8, 4) is 0 Å². The summed E-state index contributed by atoms with van der Waals surface area (Å²) >= 11 is 3.25. The summed E-state index contributed by atoms with van der Waals surface area (Å²) in [6.45, 7) is 0.749. The average Bonchev–Trinajstić information content (AvgIpc) is 2.38. The Hall–Kier alpha value is -1.16. The minimum absolute atomic E-state index is 0.0421. The van der Waals surface area contributed by atoms with Gasteiger partial charge in [0, 0.05) is 12.7 Å². The number of rotatable bonds is 3. The SMILES string of the molecule is O=C(NCC1CC=CCC1)c1ccc(Br)nc1. The minimum Gasteiger partial charge on any atom is -0.352 e. The van der Waals surface area contributed by atoms with Crippen LogP contribution in [0.2, 0.25) is 0 Å². The van der Waals surface area contributed by atoms with Crippen LogP contribution in [0.5, 0.6) is 0 Å². The summed E-state index contributed by atoms with van der Waals surface area (Å²) in [7, 11) is 0. The van der Waals surface area contributed by atoms with Gasteiger partial charge in [-0.25, -0.2) is 4.98 Å². The van der Waals surface area contributed by atoms with E-state index in [0.29, 0.717) is 11.5 Å². The molecular formula is C13H15BrN2O. The summed E-state index contributed by atoms with van der Waals surface area (Å²) < 4.78 is 0.742. The molecule has 0 radical (unpaired) electrons. The van der Waals surface area contributed by atoms with E-state index in [1.807, 2.05) is 0 Å². The number of halogens is 1. The predicted octanol–water partition coefficient (Wildman–Crippen LogP) is 2.93. The molecule has 1 aromatic rings. The van der Waals surface area contributed by atoms with Crippen LogP contribution in [0.4, 0.5) is 0 Å². The first-order chi connectivity index (χ1) is 8.25. The lowest BCUT2D eigenvalue weighted by molar-refractivity contribution is 0.0946. The molecule has 2 rings (SSSR count). The third-order valence-corrected chi connectivity index (χ3v) is 3.39. The highest BCUT2D eigenvalue weighted by atomic mass is 79.9. The molecule has 0 aliphatic heterocycles. The van der Waals surface area contributed by atoms with Crippen LogP contribution in [-0.4, -0.2) is 17.4 Å². The van der Waals surface area contributed by atoms with Crippen LogP contribution >= 0.6 is 15.9 Å². The highest BCUT2D eigenvalue weighted by Crippen LogP contribution is 2.17. The molecule has 0 fully saturated rings. The normalized spacial score (nSPS) is 19.0. The number of hydrogen-bond acceptors (Lipinski definition) is 2. The number of amides is 1. The molecule has 0 aromatic carbocycles. The first kappa shape index (κ1) is 12.3. The Bertz CT molecular complexity index is 414. The van der Waals surface area contributed by atoms with E-state index in [1.165, 1.54) is 0 Å². The van der Waals surface area contributed by atoms with Crippen molar-refractivity contribution in [2.24, 2.45) is 5.92 Å². The maximum atomic E-state index is 11.8. The molecule has 1 unspecified atom stereocenters. The molecule has 1 aliphatic rings. The van der Waals surface area contributed by atoms with Gasteiger partial charge in [0.15, 0.2) is 0 Å². The van der Waals surface area contributed by atoms with Gasteiger partial charge in [-0.3, -0.25) is 4.79 Å². The Kier molecular flexibility index (Phi) is 4.31. The van der Waals surface area contributed by atoms with Gasteiger partial charge in [-0.15, -0.1) is 0 Å². The van der Waals surface area contributed by atoms with Crippen LogP contribution in [0.25, 0.3) is 0 Å². The van der Waals surface area contributed by atoms with Crippen LogP contribution in [0.3, 0.4) is 0 Å². The lowest BCUT2D eigenvalue weighted by Crippen LogP contribution is -2.29. The maximum Gasteiger partial charge on any atom is 0.252 e. The second-order valence-corrected chi connectivity index (χ2v) is 5.04. The third-order valence-electron chi connectivity index (χ3n) is 2.92. The quantitative estimate of drug-likeness (QED) is 0.688. The Morgan fingerprint density at radius 2 is 2.35 bits per heavy atom. The molecule has 90 valence electrons. The van der Waals surface area contributed by atoms with Crippen molar-refractivity contribution in [2.75, 3.05) is 6.54 Å². The second kappa shape index (κ2) is 5.96. The number of carbonyl (C=O) groups is 1. The molecule has 0 spiro atoms. The molecule has 4 heteroatoms. The molecule has 1 atom stereocenters. The van der Waals surface area contributed by atoms with Crippen molar-refractivity contribution in [3.05, 3.63) is 40.6 Å². The zero-order chi connectivity index (χ0) is 12.1. The Labute approximate surface area is 109 Å². The van der Waals surface area contributed by atoms with Gasteiger partial charge < -0.3 is 5.32 Å². The van der Waals surface area contributed by atoms with Gasteiger partial charge in [0.05, 0.1) is 5.56 Å². The summed E-state index contributed by atoms with van der Waals surface area (Å²) in [5, 5.41) is 2.96. The Morgan fingerprint density at radius 1 is 1.47 bits per heavy atom. The summed E-state index contributed by atoms with van der Waals surface area (Å²) in [6, 6.07) is 3.55. The highest BCUT2D eigenvalue weighted by Gasteiger charge is 2.12. The second-order valence-electron chi connectivity index (χ2n) is 4.23. The first-order valence-electron chi connectivity index (χ1n) is 5.80. The van der Waals surface area contributed by atoms with Crippen LogP contribution in [-0.2, 0) is 0 Å². The smallest absolute Gasteiger partial charge is 0.252 e. The fourth-order valence-electron chi connectivity index (χ4n) is 1.89. The number of aromatic nitrogens is 1. The van der Waals surface area contributed by atoms with Crippen LogP contribution in [0.1, 0.15) is 29.6 Å². The van der Waals surface area contributed by atoms with Crippen LogP contribution < -0.4 is 5.32 Å². The number of hydrogen-bond donors (Lipinski definition) is 1. The maximum absolute atomic E-state index is 11.8. The van der Waals surface area contributed by atoms with Gasteiger partial charge in [-0.1, -0.05) is 12.2 Å². The molecular weight excluding hydrogens is 280 g/mol. The number of allylic oxidation sites excluding steroid dienone is 2. The number of nitrogens with one attached hydrogen (secondary N) is 1. The summed E-state index contributed by atoms with van der Waals surface area (Å²) in [4.78, 5) is 15.9. The predicted molar refractivity (Wildman–Crippen MR) is 70.8 cm³/mol. The molecule has 0 bridgehead atoms. The van der Waals surface area contributed by atoms with Crippen molar-refractivity contribution in [2.45, 2.75) is 19.3 Å². The lowest BCUT2D eigenvalue weighted by Gasteiger charge is -2.17. The largest absolute Gasteiger partial charge is 0.352 e. The number of nitrogens with zero attached hydrogens (tertiary/aromatic N) is 1. The molecule has 0 saturated carbocycles. The molecule has 1 N–H and O–H groups in total. The third kappa shape index (κ3) is 3.66. The summed E-state index contributed by atoms with van der Waals surface area (Å²) in [6.07, 6.45) is 9.34. The lowest BCUT2D eigenvalue weighted by atomic mass is 9.94. The van der Waals surface area contributed by atoms with E-state index in [4.69, 9.17) is 0 Å². The molecule has 1 amide bonds. The van der Waals surface area contributed by atoms with Crippen molar-refractivity contribution >= 4 is 21.8 Å². The Balaban J connectivity index is 1.84. The van der Waals surface area contributed by atoms with Gasteiger partial charge in [0.1, 0.15) is 4.60 Å². The van der Waals surface area contributed by atoms with Gasteiger partial charge >= 0.3 is 0 Å². The van der Waals surface area contributed by atoms with E-state index in [0.717, 1.165) is 30.4 Å². The van der Waals surface area contributed by atoms with E-state index >= 15 is 0 Å². The van der Waals surface area contributed by atoms with Crippen LogP contribution in [0, 0.1) is 5.92 Å². The van der Waals surface area contributed by atoms with Gasteiger partial charge in [-0.05, 0) is 53.2 Å². The van der Waals surface area contributed by atoms with Crippen molar-refractivity contribution < 1.29 is 4.79 Å². The zero-order valence-corrected chi connectivity index (χ0v) is 11.1. The molecule has 1 heterocycles. The average molecular weight is 295 g/mol. The Morgan fingerprint density at radius 3 is 3.00 bits per heavy atom. The van der Waals surface area contributed by atoms with E-state index in [2.05, 4.69) is 38.4 Å². The molecule has 1 aliphatic carbocycles. The van der Waals surface area contributed by atoms with Crippen LogP contribution in [0.15, 0.2) is 35.1 Å². The summed E-state index contributed by atoms with van der Waals surface area (Å²) in [5.74, 6) is 0.534. The standard InChI is InChI=1S/C13H15BrN2O/c14-12-7-6-11(9-15-12)13(17)16-8-10-4-2-1-3-5-10/h1-2,6-7,9-10H,3-5,8H2,(H,16,17). The van der Waals surface area contributed by atoms with Crippen molar-refractivity contribution in [3.63, 3.8) is 0 Å². The fourth-order valence-corrected chi connectivity index (χ4v) is 2.13. The minimum atomic E-state index is -0.0421. The first-order valence-corrected chi connectivity index (χ1v) is 6.60. The topological polar surface area (TPSA) is 42.0 Å². The van der Waals surface area contributed by atoms with Gasteiger partial charge in [0.2, 0.25) is 0 Å². The van der Waals surface area contributed by atoms with E-state index in [1.54, 1.807) is 18.3 Å². The van der Waals surface area contributed by atoms with E-state index < -0.39 is 0 Å². The number of pyridine rings is 1. The zero-order valence-electron chi connectivity index (χ0n) is 9.53. The highest BCUT2D eigenvalue weighted by molar-refractivity contribution is 9.10. The molecule has 3 nitrogen and oxygen atoms in total. The van der Waals surface area contributed by atoms with E-state index in [-0.39, 0.29) is 5.91 Å².